The number of rotatable bonds is 4. The van der Waals surface area contributed by atoms with Gasteiger partial charge in [0, 0.05) is 36.9 Å². The van der Waals surface area contributed by atoms with Crippen molar-refractivity contribution >= 4 is 29.2 Å². The van der Waals surface area contributed by atoms with Gasteiger partial charge >= 0.3 is 0 Å². The van der Waals surface area contributed by atoms with Gasteiger partial charge in [-0.05, 0) is 43.4 Å². The smallest absolute Gasteiger partial charge is 0.240 e. The average molecular weight is 338 g/mol. The first-order valence-corrected chi connectivity index (χ1v) is 7.81. The third-order valence-electron chi connectivity index (χ3n) is 4.51. The Morgan fingerprint density at radius 3 is 2.87 bits per heavy atom. The zero-order valence-corrected chi connectivity index (χ0v) is 14.2. The summed E-state index contributed by atoms with van der Waals surface area (Å²) < 4.78 is 5.28. The van der Waals surface area contributed by atoms with E-state index in [4.69, 9.17) is 10.5 Å². The molecule has 0 radical (unpaired) electrons. The molecule has 0 spiro atoms. The molecule has 126 valence electrons. The molecule has 0 bridgehead atoms. The van der Waals surface area contributed by atoms with Crippen LogP contribution < -0.4 is 11.1 Å². The van der Waals surface area contributed by atoms with E-state index in [-0.39, 0.29) is 18.3 Å². The molecule has 1 aliphatic heterocycles. The first-order chi connectivity index (χ1) is 10.6. The van der Waals surface area contributed by atoms with Crippen LogP contribution in [0.3, 0.4) is 0 Å². The maximum Gasteiger partial charge on any atom is 0.240 e. The lowest BCUT2D eigenvalue weighted by molar-refractivity contribution is -0.129. The normalized spacial score (nSPS) is 16.8. The van der Waals surface area contributed by atoms with E-state index in [0.717, 1.165) is 11.9 Å². The Balaban J connectivity index is 0.00000192. The van der Waals surface area contributed by atoms with Gasteiger partial charge in [-0.3, -0.25) is 4.79 Å². The van der Waals surface area contributed by atoms with Crippen LogP contribution in [0.5, 0.6) is 0 Å². The molecule has 0 saturated carbocycles. The number of H-pyrrole nitrogens is 1. The number of nitrogens with one attached hydrogen (secondary N) is 2. The van der Waals surface area contributed by atoms with Gasteiger partial charge in [-0.1, -0.05) is 12.1 Å². The van der Waals surface area contributed by atoms with Gasteiger partial charge in [0.1, 0.15) is 0 Å². The fourth-order valence-corrected chi connectivity index (χ4v) is 3.10. The summed E-state index contributed by atoms with van der Waals surface area (Å²) in [6, 6.07) is 6.22. The number of amides is 1. The number of fused-ring (bicyclic) bond motifs is 1. The Bertz CT molecular complexity index is 678. The molecule has 2 aromatic rings. The quantitative estimate of drug-likeness (QED) is 0.799. The molecule has 1 aromatic carbocycles. The monoisotopic (exact) mass is 337 g/mol. The fraction of sp³-hybridized carbons (Fsp3) is 0.471. The van der Waals surface area contributed by atoms with E-state index in [0.29, 0.717) is 32.6 Å². The minimum absolute atomic E-state index is 0. The van der Waals surface area contributed by atoms with Crippen LogP contribution >= 0.6 is 12.4 Å². The van der Waals surface area contributed by atoms with Crippen molar-refractivity contribution in [2.45, 2.75) is 31.7 Å². The molecule has 6 heteroatoms. The van der Waals surface area contributed by atoms with Crippen molar-refractivity contribution in [3.05, 3.63) is 35.5 Å². The van der Waals surface area contributed by atoms with Gasteiger partial charge in [0.25, 0.3) is 0 Å². The Labute approximate surface area is 142 Å². The van der Waals surface area contributed by atoms with E-state index >= 15 is 0 Å². The summed E-state index contributed by atoms with van der Waals surface area (Å²) in [5.41, 5.74) is 9.03. The number of ether oxygens (including phenoxy) is 1. The molecule has 1 amide bonds. The molecule has 3 rings (SSSR count). The molecule has 1 aliphatic rings. The summed E-state index contributed by atoms with van der Waals surface area (Å²) in [6.07, 6.45) is 4.00. The minimum Gasteiger partial charge on any atom is -0.381 e. The van der Waals surface area contributed by atoms with Crippen LogP contribution in [0.25, 0.3) is 10.9 Å². The largest absolute Gasteiger partial charge is 0.381 e. The Morgan fingerprint density at radius 2 is 2.13 bits per heavy atom. The number of halogens is 1. The third kappa shape index (κ3) is 3.68. The lowest BCUT2D eigenvalue weighted by atomic mass is 9.90. The summed E-state index contributed by atoms with van der Waals surface area (Å²) in [7, 11) is 0. The summed E-state index contributed by atoms with van der Waals surface area (Å²) in [6.45, 7) is 3.83. The van der Waals surface area contributed by atoms with Crippen molar-refractivity contribution in [2.75, 3.05) is 19.8 Å². The summed E-state index contributed by atoms with van der Waals surface area (Å²) >= 11 is 0. The maximum absolute atomic E-state index is 12.3. The summed E-state index contributed by atoms with van der Waals surface area (Å²) in [5, 5.41) is 4.24. The Morgan fingerprint density at radius 1 is 1.39 bits per heavy atom. The van der Waals surface area contributed by atoms with Crippen LogP contribution in [-0.2, 0) is 16.0 Å². The van der Waals surface area contributed by atoms with Crippen molar-refractivity contribution in [1.29, 1.82) is 0 Å². The van der Waals surface area contributed by atoms with E-state index < -0.39 is 5.54 Å². The van der Waals surface area contributed by atoms with Crippen LogP contribution in [0.1, 0.15) is 24.0 Å². The maximum atomic E-state index is 12.3. The van der Waals surface area contributed by atoms with Crippen molar-refractivity contribution < 1.29 is 9.53 Å². The van der Waals surface area contributed by atoms with Gasteiger partial charge < -0.3 is 20.8 Å². The molecular formula is C17H24ClN3O2. The minimum atomic E-state index is -0.769. The number of benzene rings is 1. The van der Waals surface area contributed by atoms with Gasteiger partial charge in [-0.25, -0.2) is 0 Å². The number of carbonyl (C=O) groups is 1. The van der Waals surface area contributed by atoms with Crippen LogP contribution in [0.4, 0.5) is 0 Å². The first-order valence-electron chi connectivity index (χ1n) is 7.81. The molecule has 23 heavy (non-hydrogen) atoms. The lowest BCUT2D eigenvalue weighted by Gasteiger charge is -2.31. The number of carbonyl (C=O) groups excluding carboxylic acids is 1. The first kappa shape index (κ1) is 17.8. The summed E-state index contributed by atoms with van der Waals surface area (Å²) in [4.78, 5) is 15.6. The number of aromatic amines is 1. The second-order valence-electron chi connectivity index (χ2n) is 6.09. The predicted molar refractivity (Wildman–Crippen MR) is 94.0 cm³/mol. The molecule has 2 heterocycles. The zero-order valence-electron chi connectivity index (χ0n) is 13.4. The second kappa shape index (κ2) is 7.34. The number of nitrogens with two attached hydrogens (primary N) is 1. The molecule has 0 aliphatic carbocycles. The van der Waals surface area contributed by atoms with E-state index in [2.05, 4.69) is 29.4 Å². The predicted octanol–water partition coefficient (Wildman–Crippen LogP) is 2.06. The molecule has 1 aromatic heterocycles. The van der Waals surface area contributed by atoms with Gasteiger partial charge in [-0.15, -0.1) is 12.4 Å². The van der Waals surface area contributed by atoms with Crippen LogP contribution in [0.2, 0.25) is 0 Å². The molecule has 5 nitrogen and oxygen atoms in total. The fourth-order valence-electron chi connectivity index (χ4n) is 3.10. The average Bonchev–Trinajstić information content (AvgIpc) is 2.92. The Kier molecular flexibility index (Phi) is 5.68. The van der Waals surface area contributed by atoms with Crippen molar-refractivity contribution in [3.63, 3.8) is 0 Å². The highest BCUT2D eigenvalue weighted by molar-refractivity contribution is 5.87. The second-order valence-corrected chi connectivity index (χ2v) is 6.09. The van der Waals surface area contributed by atoms with Gasteiger partial charge in [0.2, 0.25) is 5.91 Å². The van der Waals surface area contributed by atoms with Crippen molar-refractivity contribution in [3.8, 4) is 0 Å². The topological polar surface area (TPSA) is 80.1 Å². The molecular weight excluding hydrogens is 314 g/mol. The molecule has 1 fully saturated rings. The highest BCUT2D eigenvalue weighted by atomic mass is 35.5. The molecule has 4 N–H and O–H groups in total. The Hall–Kier alpha value is -1.56. The van der Waals surface area contributed by atoms with Gasteiger partial charge in [0.05, 0.1) is 5.54 Å². The highest BCUT2D eigenvalue weighted by Gasteiger charge is 2.35. The SMILES string of the molecule is Cc1cccc2[nH]cc(CCNC(=O)C3(N)CCOCC3)c12.Cl. The molecule has 0 atom stereocenters. The third-order valence-corrected chi connectivity index (χ3v) is 4.51. The molecule has 0 unspecified atom stereocenters. The number of aromatic nitrogens is 1. The van der Waals surface area contributed by atoms with E-state index in [1.54, 1.807) is 0 Å². The van der Waals surface area contributed by atoms with Crippen LogP contribution in [0, 0.1) is 6.92 Å². The van der Waals surface area contributed by atoms with Crippen molar-refractivity contribution in [1.82, 2.24) is 10.3 Å². The zero-order chi connectivity index (χ0) is 15.6. The van der Waals surface area contributed by atoms with E-state index in [1.807, 2.05) is 12.3 Å². The van der Waals surface area contributed by atoms with E-state index in [9.17, 15) is 4.79 Å². The molecule has 1 saturated heterocycles. The highest BCUT2D eigenvalue weighted by Crippen LogP contribution is 2.22. The van der Waals surface area contributed by atoms with Crippen molar-refractivity contribution in [2.24, 2.45) is 5.73 Å². The van der Waals surface area contributed by atoms with E-state index in [1.165, 1.54) is 16.5 Å². The lowest BCUT2D eigenvalue weighted by Crippen LogP contribution is -2.57. The standard InChI is InChI=1S/C17H23N3O2.ClH/c1-12-3-2-4-14-15(12)13(11-20-14)5-8-19-16(21)17(18)6-9-22-10-7-17;/h2-4,11,20H,5-10,18H2,1H3,(H,19,21);1H. The number of aryl methyl sites for hydroxylation is 1. The van der Waals surface area contributed by atoms with Crippen LogP contribution in [0.15, 0.2) is 24.4 Å². The van der Waals surface area contributed by atoms with Gasteiger partial charge in [-0.2, -0.15) is 0 Å². The summed E-state index contributed by atoms with van der Waals surface area (Å²) in [5.74, 6) is -0.0626. The number of hydrogen-bond acceptors (Lipinski definition) is 3. The van der Waals surface area contributed by atoms with Crippen LogP contribution in [-0.4, -0.2) is 36.2 Å². The van der Waals surface area contributed by atoms with Gasteiger partial charge in [0.15, 0.2) is 0 Å². The number of hydrogen-bond donors (Lipinski definition) is 3.